The van der Waals surface area contributed by atoms with E-state index in [9.17, 15) is 33.0 Å². The van der Waals surface area contributed by atoms with Crippen molar-refractivity contribution in [2.45, 2.75) is 68.6 Å². The van der Waals surface area contributed by atoms with Crippen LogP contribution in [-0.4, -0.2) is 111 Å². The number of carboxylic acids is 1. The summed E-state index contributed by atoms with van der Waals surface area (Å²) in [6.07, 6.45) is -4.52. The molecule has 1 saturated heterocycles. The van der Waals surface area contributed by atoms with Gasteiger partial charge >= 0.3 is 12.1 Å². The summed E-state index contributed by atoms with van der Waals surface area (Å²) in [6.45, 7) is 3.35. The molecule has 0 unspecified atom stereocenters. The summed E-state index contributed by atoms with van der Waals surface area (Å²) in [7, 11) is 0. The molecule has 0 bridgehead atoms. The van der Waals surface area contributed by atoms with Crippen LogP contribution in [0.15, 0.2) is 85.2 Å². The van der Waals surface area contributed by atoms with Crippen molar-refractivity contribution in [3.63, 3.8) is 0 Å². The molecule has 2 amide bonds. The lowest BCUT2D eigenvalue weighted by Gasteiger charge is -2.22. The maximum atomic E-state index is 13.3. The Morgan fingerprint density at radius 1 is 0.917 bits per heavy atom. The third-order valence-electron chi connectivity index (χ3n) is 10.5. The molecule has 8 rings (SSSR count). The fraction of sp³-hybridized carbons (Fsp3) is 0.350. The van der Waals surface area contributed by atoms with Crippen LogP contribution < -0.4 is 20.9 Å². The molecular weight excluding hydrogens is 806 g/mol. The summed E-state index contributed by atoms with van der Waals surface area (Å²) in [5.74, 6) is -2.15. The normalized spacial score (nSPS) is 20.2. The first-order chi connectivity index (χ1) is 28.8. The van der Waals surface area contributed by atoms with E-state index in [-0.39, 0.29) is 30.2 Å². The Hall–Kier alpha value is -6.25. The Bertz CT molecular complexity index is 2420. The molecule has 16 nitrogen and oxygen atoms in total. The lowest BCUT2D eigenvalue weighted by molar-refractivity contribution is -0.192. The topological polar surface area (TPSA) is 221 Å². The number of aliphatic hydroxyl groups is 2. The summed E-state index contributed by atoms with van der Waals surface area (Å²) in [6, 6.07) is 24.5. The third-order valence-corrected chi connectivity index (χ3v) is 11.1. The van der Waals surface area contributed by atoms with Crippen molar-refractivity contribution >= 4 is 63.5 Å². The number of nitrogens with one attached hydrogen (secondary N) is 3. The van der Waals surface area contributed by atoms with E-state index in [0.29, 0.717) is 66.5 Å². The number of anilines is 2. The number of imidazole rings is 1. The van der Waals surface area contributed by atoms with E-state index in [1.807, 2.05) is 41.3 Å². The molecule has 2 fully saturated rings. The zero-order valence-electron chi connectivity index (χ0n) is 32.0. The van der Waals surface area contributed by atoms with Crippen LogP contribution in [0.1, 0.15) is 59.6 Å². The highest BCUT2D eigenvalue weighted by Gasteiger charge is 2.44. The molecular formula is C40H41F3N10O6S. The first kappa shape index (κ1) is 41.9. The Balaban J connectivity index is 0.000000716. The van der Waals surface area contributed by atoms with Gasteiger partial charge in [0, 0.05) is 43.6 Å². The van der Waals surface area contributed by atoms with Crippen LogP contribution in [0.25, 0.3) is 22.2 Å². The molecule has 1 saturated carbocycles. The number of fused-ring (bicyclic) bond motifs is 2. The SMILES string of the molecule is CCC(=O)N[C@H]1C[C@@H](n2cnc3c(NCC(c4ccccc4)c4ccccc4)nc(N4CC[C@@H](NC(=O)c5ccc6nsnc6c5)C4)nc32)[C@H](O)[C@@H]1O.O=C(O)C(F)(F)F. The number of carbonyl (C=O) groups excluding carboxylic acids is 2. The lowest BCUT2D eigenvalue weighted by atomic mass is 9.91. The third kappa shape index (κ3) is 9.29. The fourth-order valence-electron chi connectivity index (χ4n) is 7.40. The molecule has 4 heterocycles. The van der Waals surface area contributed by atoms with E-state index < -0.39 is 36.4 Å². The van der Waals surface area contributed by atoms with Crippen molar-refractivity contribution < 1.29 is 42.9 Å². The maximum Gasteiger partial charge on any atom is 0.490 e. The molecule has 6 N–H and O–H groups in total. The van der Waals surface area contributed by atoms with Crippen molar-refractivity contribution in [2.24, 2.45) is 0 Å². The van der Waals surface area contributed by atoms with Gasteiger partial charge in [-0.05, 0) is 42.2 Å². The van der Waals surface area contributed by atoms with E-state index in [1.54, 1.807) is 36.0 Å². The number of halogens is 3. The molecule has 0 radical (unpaired) electrons. The van der Waals surface area contributed by atoms with Gasteiger partial charge in [0.2, 0.25) is 11.9 Å². The second-order valence-corrected chi connectivity index (χ2v) is 15.0. The van der Waals surface area contributed by atoms with Crippen LogP contribution in [0.5, 0.6) is 0 Å². The molecule has 2 aliphatic rings. The van der Waals surface area contributed by atoms with Crippen molar-refractivity contribution in [1.29, 1.82) is 0 Å². The quantitative estimate of drug-likeness (QED) is 0.107. The number of carbonyl (C=O) groups is 3. The van der Waals surface area contributed by atoms with Gasteiger partial charge in [0.25, 0.3) is 5.91 Å². The van der Waals surface area contributed by atoms with Crippen LogP contribution in [0.3, 0.4) is 0 Å². The minimum Gasteiger partial charge on any atom is -0.475 e. The monoisotopic (exact) mass is 846 g/mol. The number of hydrogen-bond donors (Lipinski definition) is 6. The smallest absolute Gasteiger partial charge is 0.475 e. The molecule has 60 heavy (non-hydrogen) atoms. The van der Waals surface area contributed by atoms with Gasteiger partial charge in [0.05, 0.1) is 30.1 Å². The van der Waals surface area contributed by atoms with E-state index >= 15 is 0 Å². The van der Waals surface area contributed by atoms with Crippen molar-refractivity contribution in [3.8, 4) is 0 Å². The standard InChI is InChI=1S/C38H40N10O4S.C2HF3O2/c1-2-31(49)42-29-18-30(34(51)33(29)50)48-21-40-32-35(39-19-26(22-9-5-3-6-10-22)23-11-7-4-8-12-23)43-38(44-36(32)48)47-16-15-25(20-47)41-37(52)24-13-14-27-28(17-24)46-53-45-27;3-2(4,5)1(6)7/h3-14,17,21,25-26,29-30,33-34,50-51H,2,15-16,18-20H2,1H3,(H,41,52)(H,42,49)(H,39,43,44);(H,6,7)/t25-,29+,30-,33-,34+;/m1./s1. The van der Waals surface area contributed by atoms with Gasteiger partial charge in [-0.3, -0.25) is 9.59 Å². The number of rotatable bonds is 11. The first-order valence-corrected chi connectivity index (χ1v) is 19.9. The average molecular weight is 847 g/mol. The van der Waals surface area contributed by atoms with Crippen LogP contribution in [0.2, 0.25) is 0 Å². The second kappa shape index (κ2) is 17.9. The number of hydrogen-bond acceptors (Lipinski definition) is 13. The summed E-state index contributed by atoms with van der Waals surface area (Å²) in [5, 5.41) is 38.8. The zero-order chi connectivity index (χ0) is 42.6. The van der Waals surface area contributed by atoms with Gasteiger partial charge in [-0.15, -0.1) is 0 Å². The van der Waals surface area contributed by atoms with Crippen LogP contribution in [-0.2, 0) is 9.59 Å². The molecule has 6 aromatic rings. The Morgan fingerprint density at radius 2 is 1.58 bits per heavy atom. The van der Waals surface area contributed by atoms with Gasteiger partial charge in [-0.2, -0.15) is 31.9 Å². The Kier molecular flexibility index (Phi) is 12.5. The second-order valence-electron chi connectivity index (χ2n) is 14.4. The van der Waals surface area contributed by atoms with Crippen LogP contribution in [0.4, 0.5) is 24.9 Å². The Labute approximate surface area is 344 Å². The van der Waals surface area contributed by atoms with E-state index in [4.69, 9.17) is 24.9 Å². The van der Waals surface area contributed by atoms with Gasteiger partial charge in [0.1, 0.15) is 23.2 Å². The van der Waals surface area contributed by atoms with Crippen molar-refractivity contribution in [2.75, 3.05) is 29.9 Å². The van der Waals surface area contributed by atoms with Gasteiger partial charge < -0.3 is 40.7 Å². The molecule has 1 aliphatic heterocycles. The number of aliphatic carboxylic acids is 1. The van der Waals surface area contributed by atoms with E-state index in [0.717, 1.165) is 28.4 Å². The van der Waals surface area contributed by atoms with Gasteiger partial charge in [0.15, 0.2) is 17.0 Å². The van der Waals surface area contributed by atoms with Crippen molar-refractivity contribution in [1.82, 2.24) is 38.9 Å². The first-order valence-electron chi connectivity index (χ1n) is 19.1. The minimum absolute atomic E-state index is 0.00773. The summed E-state index contributed by atoms with van der Waals surface area (Å²) in [4.78, 5) is 51.1. The largest absolute Gasteiger partial charge is 0.490 e. The number of aliphatic hydroxyl groups excluding tert-OH is 2. The van der Waals surface area contributed by atoms with Crippen LogP contribution in [0, 0.1) is 0 Å². The molecule has 314 valence electrons. The summed E-state index contributed by atoms with van der Waals surface area (Å²) >= 11 is 1.11. The number of amides is 2. The number of aromatic nitrogens is 6. The molecule has 1 aliphatic carbocycles. The number of carboxylic acid groups (broad SMARTS) is 1. The average Bonchev–Trinajstić information content (AvgIpc) is 4.06. The fourth-order valence-corrected chi connectivity index (χ4v) is 7.92. The molecule has 0 spiro atoms. The number of nitrogens with zero attached hydrogens (tertiary/aromatic N) is 7. The minimum atomic E-state index is -5.08. The molecule has 20 heteroatoms. The maximum absolute atomic E-state index is 13.3. The van der Waals surface area contributed by atoms with Gasteiger partial charge in [-0.25, -0.2) is 9.78 Å². The lowest BCUT2D eigenvalue weighted by Crippen LogP contribution is -2.42. The zero-order valence-corrected chi connectivity index (χ0v) is 32.8. The number of alkyl halides is 3. The highest BCUT2D eigenvalue weighted by atomic mass is 32.1. The summed E-state index contributed by atoms with van der Waals surface area (Å²) < 4.78 is 42.0. The van der Waals surface area contributed by atoms with E-state index in [1.165, 1.54) is 0 Å². The molecule has 3 aromatic carbocycles. The van der Waals surface area contributed by atoms with Gasteiger partial charge in [-0.1, -0.05) is 67.6 Å². The van der Waals surface area contributed by atoms with E-state index in [2.05, 4.69) is 49.0 Å². The predicted octanol–water partition coefficient (Wildman–Crippen LogP) is 4.28. The molecule has 3 aromatic heterocycles. The highest BCUT2D eigenvalue weighted by Crippen LogP contribution is 2.36. The highest BCUT2D eigenvalue weighted by molar-refractivity contribution is 7.00. The van der Waals surface area contributed by atoms with Crippen LogP contribution >= 0.6 is 11.7 Å². The predicted molar refractivity (Wildman–Crippen MR) is 216 cm³/mol. The van der Waals surface area contributed by atoms with Crippen molar-refractivity contribution in [3.05, 3.63) is 102 Å². The molecule has 5 atom stereocenters. The summed E-state index contributed by atoms with van der Waals surface area (Å²) in [5.41, 5.74) is 5.28. The number of benzene rings is 3. The Morgan fingerprint density at radius 3 is 2.23 bits per heavy atom.